The molecule has 0 aliphatic heterocycles. The maximum absolute atomic E-state index is 8.69. The van der Waals surface area contributed by atoms with Crippen molar-refractivity contribution in [3.8, 4) is 17.2 Å². The minimum absolute atomic E-state index is 0.494. The third-order valence-electron chi connectivity index (χ3n) is 3.90. The smallest absolute Gasteiger partial charge is 0.129 e. The molecular formula is C20H15ClN2. The summed E-state index contributed by atoms with van der Waals surface area (Å²) in [6.07, 6.45) is 5.13. The fourth-order valence-corrected chi connectivity index (χ4v) is 3.17. The number of aryl methyl sites for hydroxylation is 2. The van der Waals surface area contributed by atoms with Crippen molar-refractivity contribution in [2.24, 2.45) is 0 Å². The fraction of sp³-hybridized carbons (Fsp3) is 0.100. The topological polar surface area (TPSA) is 36.7 Å². The van der Waals surface area contributed by atoms with Crippen LogP contribution in [0.5, 0.6) is 0 Å². The van der Waals surface area contributed by atoms with Gasteiger partial charge >= 0.3 is 0 Å². The molecule has 0 spiro atoms. The van der Waals surface area contributed by atoms with Crippen LogP contribution in [0.4, 0.5) is 0 Å². The predicted octanol–water partition coefficient (Wildman–Crippen LogP) is 5.71. The van der Waals surface area contributed by atoms with E-state index in [-0.39, 0.29) is 0 Å². The van der Waals surface area contributed by atoms with Gasteiger partial charge in [-0.05, 0) is 59.2 Å². The van der Waals surface area contributed by atoms with Crippen molar-refractivity contribution in [2.75, 3.05) is 0 Å². The third-order valence-corrected chi connectivity index (χ3v) is 4.11. The molecule has 0 N–H and O–H groups in total. The van der Waals surface area contributed by atoms with Crippen LogP contribution in [0.15, 0.2) is 48.7 Å². The molecule has 3 rings (SSSR count). The largest absolute Gasteiger partial charge is 0.244 e. The van der Waals surface area contributed by atoms with E-state index in [9.17, 15) is 0 Å². The normalized spacial score (nSPS) is 11.0. The van der Waals surface area contributed by atoms with Gasteiger partial charge in [-0.25, -0.2) is 4.98 Å². The number of halogens is 1. The number of nitriles is 1. The average molecular weight is 319 g/mol. The molecule has 2 nitrogen and oxygen atoms in total. The highest BCUT2D eigenvalue weighted by molar-refractivity contribution is 6.30. The van der Waals surface area contributed by atoms with Gasteiger partial charge in [-0.15, -0.1) is 0 Å². The van der Waals surface area contributed by atoms with Crippen LogP contribution in [0, 0.1) is 25.2 Å². The summed E-state index contributed by atoms with van der Waals surface area (Å²) in [5.74, 6) is 0. The molecule has 23 heavy (non-hydrogen) atoms. The lowest BCUT2D eigenvalue weighted by Crippen LogP contribution is -1.92. The quantitative estimate of drug-likeness (QED) is 0.448. The van der Waals surface area contributed by atoms with Crippen LogP contribution in [0.2, 0.25) is 5.15 Å². The molecule has 0 saturated heterocycles. The van der Waals surface area contributed by atoms with Crippen molar-refractivity contribution in [1.29, 1.82) is 5.26 Å². The Kier molecular flexibility index (Phi) is 4.14. The molecule has 0 atom stereocenters. The number of hydrogen-bond donors (Lipinski definition) is 0. The lowest BCUT2D eigenvalue weighted by atomic mass is 9.91. The number of allylic oxidation sites excluding steroid dienone is 1. The van der Waals surface area contributed by atoms with Crippen LogP contribution >= 0.6 is 11.6 Å². The molecule has 0 aliphatic rings. The number of benzene rings is 2. The Morgan fingerprint density at radius 3 is 2.57 bits per heavy atom. The molecule has 1 aromatic heterocycles. The predicted molar refractivity (Wildman–Crippen MR) is 96.3 cm³/mol. The fourth-order valence-electron chi connectivity index (χ4n) is 3.01. The maximum Gasteiger partial charge on any atom is 0.129 e. The molecular weight excluding hydrogens is 304 g/mol. The van der Waals surface area contributed by atoms with Crippen LogP contribution < -0.4 is 0 Å². The van der Waals surface area contributed by atoms with E-state index in [2.05, 4.69) is 37.0 Å². The van der Waals surface area contributed by atoms with Crippen LogP contribution in [0.3, 0.4) is 0 Å². The second-order valence-electron chi connectivity index (χ2n) is 5.53. The van der Waals surface area contributed by atoms with Crippen molar-refractivity contribution in [2.45, 2.75) is 13.8 Å². The summed E-state index contributed by atoms with van der Waals surface area (Å²) < 4.78 is 0. The summed E-state index contributed by atoms with van der Waals surface area (Å²) in [6.45, 7) is 4.18. The van der Waals surface area contributed by atoms with Crippen molar-refractivity contribution in [3.05, 3.63) is 70.5 Å². The van der Waals surface area contributed by atoms with Gasteiger partial charge in [-0.3, -0.25) is 0 Å². The van der Waals surface area contributed by atoms with Gasteiger partial charge in [0, 0.05) is 17.7 Å². The van der Waals surface area contributed by atoms with Gasteiger partial charge in [0.15, 0.2) is 0 Å². The summed E-state index contributed by atoms with van der Waals surface area (Å²) in [4.78, 5) is 4.16. The third kappa shape index (κ3) is 2.97. The Hall–Kier alpha value is -2.63. The summed E-state index contributed by atoms with van der Waals surface area (Å²) in [5.41, 5.74) is 5.72. The zero-order valence-electron chi connectivity index (χ0n) is 13.0. The number of nitrogens with zero attached hydrogens (tertiary/aromatic N) is 2. The van der Waals surface area contributed by atoms with E-state index in [4.69, 9.17) is 16.9 Å². The van der Waals surface area contributed by atoms with E-state index in [0.29, 0.717) is 5.15 Å². The Bertz CT molecular complexity index is 942. The van der Waals surface area contributed by atoms with E-state index in [1.165, 1.54) is 22.8 Å². The standard InChI is InChI=1S/C20H15ClN2/c1-13-9-15(5-4-8-22)10-14(2)20(13)17-7-3-6-16-12-23-19(21)11-18(16)17/h3-7,9-12H,1-2H3. The maximum atomic E-state index is 8.69. The molecule has 112 valence electrons. The molecule has 0 saturated carbocycles. The van der Waals surface area contributed by atoms with E-state index in [0.717, 1.165) is 21.9 Å². The first kappa shape index (κ1) is 15.3. The number of fused-ring (bicyclic) bond motifs is 1. The zero-order chi connectivity index (χ0) is 16.4. The lowest BCUT2D eigenvalue weighted by molar-refractivity contribution is 1.35. The second kappa shape index (κ2) is 6.24. The van der Waals surface area contributed by atoms with E-state index >= 15 is 0 Å². The molecule has 0 aliphatic carbocycles. The summed E-state index contributed by atoms with van der Waals surface area (Å²) in [7, 11) is 0. The van der Waals surface area contributed by atoms with Gasteiger partial charge in [0.05, 0.1) is 6.07 Å². The second-order valence-corrected chi connectivity index (χ2v) is 5.91. The van der Waals surface area contributed by atoms with Gasteiger partial charge in [0.1, 0.15) is 5.15 Å². The van der Waals surface area contributed by atoms with Crippen molar-refractivity contribution in [3.63, 3.8) is 0 Å². The molecule has 1 heterocycles. The van der Waals surface area contributed by atoms with E-state index in [1.54, 1.807) is 6.20 Å². The molecule has 3 heteroatoms. The Morgan fingerprint density at radius 1 is 1.13 bits per heavy atom. The zero-order valence-corrected chi connectivity index (χ0v) is 13.7. The van der Waals surface area contributed by atoms with Gasteiger partial charge in [0.2, 0.25) is 0 Å². The van der Waals surface area contributed by atoms with Crippen LogP contribution in [-0.4, -0.2) is 4.98 Å². The minimum atomic E-state index is 0.494. The Labute approximate surface area is 140 Å². The number of pyridine rings is 1. The molecule has 0 fully saturated rings. The van der Waals surface area contributed by atoms with Gasteiger partial charge in [-0.1, -0.05) is 41.9 Å². The van der Waals surface area contributed by atoms with Crippen LogP contribution in [0.1, 0.15) is 16.7 Å². The lowest BCUT2D eigenvalue weighted by Gasteiger charge is -2.14. The molecule has 0 bridgehead atoms. The first-order valence-electron chi connectivity index (χ1n) is 7.32. The molecule has 3 aromatic rings. The average Bonchev–Trinajstić information content (AvgIpc) is 2.52. The molecule has 2 aromatic carbocycles. The highest BCUT2D eigenvalue weighted by atomic mass is 35.5. The molecule has 0 unspecified atom stereocenters. The van der Waals surface area contributed by atoms with Crippen molar-refractivity contribution >= 4 is 28.4 Å². The van der Waals surface area contributed by atoms with Crippen LogP contribution in [0.25, 0.3) is 28.0 Å². The first-order chi connectivity index (χ1) is 11.1. The summed E-state index contributed by atoms with van der Waals surface area (Å²) >= 11 is 6.09. The highest BCUT2D eigenvalue weighted by Crippen LogP contribution is 2.34. The molecule has 0 radical (unpaired) electrons. The Balaban J connectivity index is 2.26. The van der Waals surface area contributed by atoms with Gasteiger partial charge in [0.25, 0.3) is 0 Å². The van der Waals surface area contributed by atoms with Crippen molar-refractivity contribution < 1.29 is 0 Å². The Morgan fingerprint density at radius 2 is 1.87 bits per heavy atom. The van der Waals surface area contributed by atoms with E-state index in [1.807, 2.05) is 30.3 Å². The monoisotopic (exact) mass is 318 g/mol. The van der Waals surface area contributed by atoms with Crippen molar-refractivity contribution in [1.82, 2.24) is 4.98 Å². The first-order valence-corrected chi connectivity index (χ1v) is 7.70. The summed E-state index contributed by atoms with van der Waals surface area (Å²) in [6, 6.07) is 14.3. The summed E-state index contributed by atoms with van der Waals surface area (Å²) in [5, 5.41) is 11.3. The van der Waals surface area contributed by atoms with E-state index < -0.39 is 0 Å². The van der Waals surface area contributed by atoms with Gasteiger partial charge in [-0.2, -0.15) is 5.26 Å². The number of aromatic nitrogens is 1. The SMILES string of the molecule is Cc1cc(C=CC#N)cc(C)c1-c1cccc2cnc(Cl)cc12. The van der Waals surface area contributed by atoms with Gasteiger partial charge < -0.3 is 0 Å². The van der Waals surface area contributed by atoms with Crippen LogP contribution in [-0.2, 0) is 0 Å². The number of rotatable bonds is 2. The number of hydrogen-bond acceptors (Lipinski definition) is 2. The molecule has 0 amide bonds. The highest BCUT2D eigenvalue weighted by Gasteiger charge is 2.11. The minimum Gasteiger partial charge on any atom is -0.244 e.